The molecule has 0 saturated carbocycles. The van der Waals surface area contributed by atoms with Crippen LogP contribution in [0.4, 0.5) is 0 Å². The molecular formula is C15H11N3O3S2. The SMILES string of the molecule is C=CCN1C(=O)C(=Cc2cc(-c3cccs3)on2)C(=O)NC1=S. The van der Waals surface area contributed by atoms with Gasteiger partial charge in [0.15, 0.2) is 10.9 Å². The fraction of sp³-hybridized carbons (Fsp3) is 0.0667. The second-order valence-electron chi connectivity index (χ2n) is 4.62. The number of hydrogen-bond donors (Lipinski definition) is 1. The number of carbonyl (C=O) groups excluding carboxylic acids is 2. The average molecular weight is 345 g/mol. The molecule has 2 aromatic heterocycles. The third-order valence-electron chi connectivity index (χ3n) is 3.08. The predicted molar refractivity (Wildman–Crippen MR) is 90.4 cm³/mol. The summed E-state index contributed by atoms with van der Waals surface area (Å²) in [5.74, 6) is -0.464. The van der Waals surface area contributed by atoms with E-state index in [1.54, 1.807) is 6.07 Å². The van der Waals surface area contributed by atoms with Crippen molar-refractivity contribution in [1.82, 2.24) is 15.4 Å². The van der Waals surface area contributed by atoms with Gasteiger partial charge in [-0.15, -0.1) is 17.9 Å². The molecule has 3 rings (SSSR count). The lowest BCUT2D eigenvalue weighted by molar-refractivity contribution is -0.128. The molecule has 2 amide bonds. The molecule has 0 aliphatic carbocycles. The summed E-state index contributed by atoms with van der Waals surface area (Å²) in [6.45, 7) is 3.79. The molecule has 3 heterocycles. The Morgan fingerprint density at radius 2 is 2.30 bits per heavy atom. The van der Waals surface area contributed by atoms with E-state index >= 15 is 0 Å². The second kappa shape index (κ2) is 6.27. The Morgan fingerprint density at radius 1 is 1.48 bits per heavy atom. The standard InChI is InChI=1S/C15H11N3O3S2/c1-2-5-18-14(20)10(13(19)16-15(18)22)7-9-8-11(21-17-9)12-4-3-6-23-12/h2-4,6-8H,1,5H2,(H,16,19,22). The van der Waals surface area contributed by atoms with Gasteiger partial charge in [-0.25, -0.2) is 0 Å². The fourth-order valence-corrected chi connectivity index (χ4v) is 2.95. The number of rotatable bonds is 4. The summed E-state index contributed by atoms with van der Waals surface area (Å²) in [6, 6.07) is 5.46. The lowest BCUT2D eigenvalue weighted by atomic mass is 10.1. The second-order valence-corrected chi connectivity index (χ2v) is 5.95. The fourth-order valence-electron chi connectivity index (χ4n) is 2.03. The molecule has 8 heteroatoms. The minimum atomic E-state index is -0.555. The molecule has 2 aromatic rings. The van der Waals surface area contributed by atoms with Crippen LogP contribution in [-0.4, -0.2) is 33.5 Å². The van der Waals surface area contributed by atoms with Gasteiger partial charge >= 0.3 is 0 Å². The molecule has 6 nitrogen and oxygen atoms in total. The monoisotopic (exact) mass is 345 g/mol. The van der Waals surface area contributed by atoms with E-state index in [9.17, 15) is 9.59 Å². The molecule has 23 heavy (non-hydrogen) atoms. The molecule has 0 spiro atoms. The van der Waals surface area contributed by atoms with Gasteiger partial charge in [-0.2, -0.15) is 0 Å². The van der Waals surface area contributed by atoms with E-state index in [2.05, 4.69) is 17.1 Å². The van der Waals surface area contributed by atoms with Gasteiger partial charge in [0.25, 0.3) is 11.8 Å². The Bertz CT molecular complexity index is 821. The van der Waals surface area contributed by atoms with Crippen LogP contribution in [0.15, 0.2) is 46.3 Å². The van der Waals surface area contributed by atoms with Crippen molar-refractivity contribution in [2.75, 3.05) is 6.54 Å². The summed E-state index contributed by atoms with van der Waals surface area (Å²) in [6.07, 6.45) is 2.92. The maximum Gasteiger partial charge on any atom is 0.266 e. The Hall–Kier alpha value is -2.58. The first-order chi connectivity index (χ1) is 11.1. The molecule has 0 radical (unpaired) electrons. The Labute approximate surface area is 141 Å². The minimum absolute atomic E-state index is 0.0496. The van der Waals surface area contributed by atoms with Crippen LogP contribution in [0.1, 0.15) is 5.69 Å². The largest absolute Gasteiger partial charge is 0.355 e. The molecule has 1 fully saturated rings. The van der Waals surface area contributed by atoms with Crippen LogP contribution in [0.2, 0.25) is 0 Å². The van der Waals surface area contributed by atoms with E-state index in [0.717, 1.165) is 4.88 Å². The highest BCUT2D eigenvalue weighted by Crippen LogP contribution is 2.26. The molecule has 1 N–H and O–H groups in total. The first kappa shape index (κ1) is 15.3. The highest BCUT2D eigenvalue weighted by molar-refractivity contribution is 7.80. The van der Waals surface area contributed by atoms with Crippen molar-refractivity contribution in [2.45, 2.75) is 0 Å². The number of aromatic nitrogens is 1. The lowest BCUT2D eigenvalue weighted by Gasteiger charge is -2.27. The maximum absolute atomic E-state index is 12.4. The quantitative estimate of drug-likeness (QED) is 0.398. The molecule has 116 valence electrons. The first-order valence-electron chi connectivity index (χ1n) is 6.60. The van der Waals surface area contributed by atoms with Crippen LogP contribution >= 0.6 is 23.6 Å². The van der Waals surface area contributed by atoms with Crippen LogP contribution in [0, 0.1) is 0 Å². The molecule has 1 aliphatic rings. The van der Waals surface area contributed by atoms with E-state index in [-0.39, 0.29) is 17.2 Å². The van der Waals surface area contributed by atoms with Crippen molar-refractivity contribution in [1.29, 1.82) is 0 Å². The van der Waals surface area contributed by atoms with Gasteiger partial charge in [-0.05, 0) is 29.7 Å². The van der Waals surface area contributed by atoms with E-state index < -0.39 is 11.8 Å². The molecule has 1 saturated heterocycles. The zero-order valence-electron chi connectivity index (χ0n) is 11.8. The summed E-state index contributed by atoms with van der Waals surface area (Å²) in [7, 11) is 0. The summed E-state index contributed by atoms with van der Waals surface area (Å²) in [5, 5.41) is 8.34. The van der Waals surface area contributed by atoms with Crippen molar-refractivity contribution in [3.8, 4) is 10.6 Å². The Balaban J connectivity index is 1.91. The smallest absolute Gasteiger partial charge is 0.266 e. The molecule has 0 unspecified atom stereocenters. The number of hydrogen-bond acceptors (Lipinski definition) is 6. The van der Waals surface area contributed by atoms with Gasteiger partial charge in [0.2, 0.25) is 0 Å². The zero-order chi connectivity index (χ0) is 16.4. The van der Waals surface area contributed by atoms with Gasteiger partial charge in [0.1, 0.15) is 11.3 Å². The number of nitrogens with zero attached hydrogens (tertiary/aromatic N) is 2. The van der Waals surface area contributed by atoms with E-state index in [1.165, 1.54) is 28.4 Å². The number of amides is 2. The van der Waals surface area contributed by atoms with Crippen molar-refractivity contribution in [3.63, 3.8) is 0 Å². The predicted octanol–water partition coefficient (Wildman–Crippen LogP) is 2.22. The highest BCUT2D eigenvalue weighted by atomic mass is 32.1. The van der Waals surface area contributed by atoms with Gasteiger partial charge in [0, 0.05) is 12.6 Å². The number of nitrogens with one attached hydrogen (secondary N) is 1. The van der Waals surface area contributed by atoms with E-state index in [4.69, 9.17) is 16.7 Å². The topological polar surface area (TPSA) is 75.4 Å². The normalized spacial score (nSPS) is 16.8. The Morgan fingerprint density at radius 3 is 3.00 bits per heavy atom. The van der Waals surface area contributed by atoms with Gasteiger partial charge in [0.05, 0.1) is 4.88 Å². The van der Waals surface area contributed by atoms with Crippen LogP contribution in [0.25, 0.3) is 16.7 Å². The average Bonchev–Trinajstić information content (AvgIpc) is 3.18. The van der Waals surface area contributed by atoms with E-state index in [0.29, 0.717) is 11.5 Å². The highest BCUT2D eigenvalue weighted by Gasteiger charge is 2.32. The van der Waals surface area contributed by atoms with Crippen LogP contribution < -0.4 is 5.32 Å². The van der Waals surface area contributed by atoms with Crippen molar-refractivity contribution >= 4 is 46.6 Å². The number of thiocarbonyl (C=S) groups is 1. The summed E-state index contributed by atoms with van der Waals surface area (Å²) in [4.78, 5) is 26.6. The van der Waals surface area contributed by atoms with Crippen molar-refractivity contribution in [2.24, 2.45) is 0 Å². The van der Waals surface area contributed by atoms with Gasteiger partial charge in [-0.3, -0.25) is 19.8 Å². The van der Waals surface area contributed by atoms with Crippen LogP contribution in [0.3, 0.4) is 0 Å². The Kier molecular flexibility index (Phi) is 4.18. The van der Waals surface area contributed by atoms with Gasteiger partial charge in [-0.1, -0.05) is 17.3 Å². The number of carbonyl (C=O) groups is 2. The summed E-state index contributed by atoms with van der Waals surface area (Å²) in [5.41, 5.74) is 0.338. The third kappa shape index (κ3) is 2.99. The molecular weight excluding hydrogens is 334 g/mol. The van der Waals surface area contributed by atoms with Crippen molar-refractivity contribution < 1.29 is 14.1 Å². The third-order valence-corrected chi connectivity index (χ3v) is 4.29. The van der Waals surface area contributed by atoms with Crippen molar-refractivity contribution in [3.05, 3.63) is 47.5 Å². The zero-order valence-corrected chi connectivity index (χ0v) is 13.4. The summed E-state index contributed by atoms with van der Waals surface area (Å²) >= 11 is 6.49. The van der Waals surface area contributed by atoms with Crippen LogP contribution in [-0.2, 0) is 9.59 Å². The molecule has 1 aliphatic heterocycles. The molecule has 0 bridgehead atoms. The lowest BCUT2D eigenvalue weighted by Crippen LogP contribution is -2.53. The van der Waals surface area contributed by atoms with Gasteiger partial charge < -0.3 is 4.52 Å². The first-order valence-corrected chi connectivity index (χ1v) is 7.89. The van der Waals surface area contributed by atoms with E-state index in [1.807, 2.05) is 17.5 Å². The number of thiophene rings is 1. The van der Waals surface area contributed by atoms with Crippen LogP contribution in [0.5, 0.6) is 0 Å². The molecule has 0 aromatic carbocycles. The summed E-state index contributed by atoms with van der Waals surface area (Å²) < 4.78 is 5.23. The maximum atomic E-state index is 12.4. The minimum Gasteiger partial charge on any atom is -0.355 e. The molecule has 0 atom stereocenters.